The Labute approximate surface area is 413 Å². The van der Waals surface area contributed by atoms with E-state index in [9.17, 15) is 5.11 Å². The summed E-state index contributed by atoms with van der Waals surface area (Å²) in [5, 5.41) is 12.1. The second-order valence-electron chi connectivity index (χ2n) is 17.8. The van der Waals surface area contributed by atoms with E-state index >= 15 is 0 Å². The van der Waals surface area contributed by atoms with E-state index in [1.165, 1.54) is 24.3 Å². The SMILES string of the molecule is [2H]C(C)(C)c1ccc(-n2c(-c3cc(C(C)(C)C)cc(C)c3O)nc3c(-c4[c-]c(-c5cc(-c6ccc(C(C([2H])([2H])[2H])(C([2H])([2H])[2H])C([2H])([2H])[2H])cc6)ccn5)cc(-c5ccccc5)c4)cccc32)c(-c2ccccc2)c1.[Pt]. The number of aromatic nitrogens is 3. The number of aromatic hydroxyl groups is 1. The molecule has 0 amide bonds. The first kappa shape index (κ1) is 34.1. The molecule has 0 spiro atoms. The van der Waals surface area contributed by atoms with Crippen molar-refractivity contribution in [2.24, 2.45) is 0 Å². The molecular formula is C60H56N3OPt-. The Kier molecular flexibility index (Phi) is 9.38. The summed E-state index contributed by atoms with van der Waals surface area (Å²) in [7, 11) is 0. The fraction of sp³-hybridized carbons (Fsp3) is 0.200. The molecule has 0 aliphatic rings. The second kappa shape index (κ2) is 17.9. The summed E-state index contributed by atoms with van der Waals surface area (Å²) in [6, 6.07) is 53.3. The Bertz CT molecular complexity index is 3520. The zero-order valence-corrected chi connectivity index (χ0v) is 39.5. The summed E-state index contributed by atoms with van der Waals surface area (Å²) in [4.78, 5) is 10.3. The van der Waals surface area contributed by atoms with Gasteiger partial charge in [-0.3, -0.25) is 9.55 Å². The number of benzene rings is 7. The minimum absolute atomic E-state index is 0. The Hall–Kier alpha value is -6.35. The number of imidazole rings is 1. The maximum atomic E-state index is 12.1. The first-order valence-electron chi connectivity index (χ1n) is 26.5. The third-order valence-corrected chi connectivity index (χ3v) is 11.9. The normalized spacial score (nSPS) is 14.9. The maximum Gasteiger partial charge on any atom is 0.148 e. The molecule has 328 valence electrons. The summed E-state index contributed by atoms with van der Waals surface area (Å²) in [5.74, 6) is -0.241. The van der Waals surface area contributed by atoms with Crippen molar-refractivity contribution in [3.8, 4) is 78.6 Å². The van der Waals surface area contributed by atoms with Crippen LogP contribution >= 0.6 is 0 Å². The standard InChI is InChI=1S/C60H56N3O.Pt/c1-38(2)43-25-28-54(51(35-43)42-19-14-11-15-20-42)63-55-22-16-21-50(56(55)62-58(63)52-37-49(60(7,8)9)31-39(3)57(52)64)46-32-45(40-17-12-10-13-18-40)33-47(34-46)53-36-44(29-30-61-53)41-23-26-48(27-24-41)59(4,5)6;/h10-33,35-38,64H,1-9H3;/q-1;/i4D3,5D3,6D3,38D;. The van der Waals surface area contributed by atoms with Crippen LogP contribution in [0.4, 0.5) is 0 Å². The fourth-order valence-corrected chi connectivity index (χ4v) is 8.34. The number of pyridine rings is 1. The number of phenolic OH excluding ortho intramolecular Hbond substituents is 1. The maximum absolute atomic E-state index is 12.1. The van der Waals surface area contributed by atoms with E-state index in [0.29, 0.717) is 44.9 Å². The second-order valence-corrected chi connectivity index (χ2v) is 17.8. The molecule has 1 N–H and O–H groups in total. The molecule has 65 heavy (non-hydrogen) atoms. The van der Waals surface area contributed by atoms with Gasteiger partial charge in [-0.05, 0) is 98.5 Å². The van der Waals surface area contributed by atoms with Gasteiger partial charge in [0.1, 0.15) is 11.6 Å². The first-order valence-corrected chi connectivity index (χ1v) is 21.5. The minimum Gasteiger partial charge on any atom is -0.507 e. The number of hydrogen-bond acceptors (Lipinski definition) is 3. The molecule has 0 fully saturated rings. The van der Waals surface area contributed by atoms with E-state index in [1.807, 2.05) is 124 Å². The van der Waals surface area contributed by atoms with Crippen molar-refractivity contribution in [3.05, 3.63) is 192 Å². The number of fused-ring (bicyclic) bond motifs is 1. The molecule has 0 unspecified atom stereocenters. The molecule has 0 aliphatic carbocycles. The van der Waals surface area contributed by atoms with Crippen LogP contribution in [0.2, 0.25) is 0 Å². The van der Waals surface area contributed by atoms with Gasteiger partial charge < -0.3 is 5.11 Å². The number of hydrogen-bond donors (Lipinski definition) is 1. The van der Waals surface area contributed by atoms with Gasteiger partial charge in [-0.2, -0.15) is 0 Å². The molecule has 0 aliphatic heterocycles. The Balaban J connectivity index is 0.00000747. The van der Waals surface area contributed by atoms with Crippen LogP contribution in [0.3, 0.4) is 0 Å². The smallest absolute Gasteiger partial charge is 0.148 e. The van der Waals surface area contributed by atoms with Crippen molar-refractivity contribution < 1.29 is 39.9 Å². The number of aryl methyl sites for hydroxylation is 1. The van der Waals surface area contributed by atoms with Gasteiger partial charge in [-0.1, -0.05) is 187 Å². The van der Waals surface area contributed by atoms with Crippen molar-refractivity contribution >= 4 is 11.0 Å². The van der Waals surface area contributed by atoms with E-state index in [4.69, 9.17) is 23.7 Å². The quantitative estimate of drug-likeness (QED) is 0.154. The molecule has 0 saturated heterocycles. The summed E-state index contributed by atoms with van der Waals surface area (Å²) in [6.45, 7) is 1.93. The fourth-order valence-electron chi connectivity index (χ4n) is 8.34. The van der Waals surface area contributed by atoms with Gasteiger partial charge in [-0.25, -0.2) is 4.98 Å². The predicted octanol–water partition coefficient (Wildman–Crippen LogP) is 16.0. The van der Waals surface area contributed by atoms with Crippen LogP contribution in [-0.4, -0.2) is 19.6 Å². The number of phenols is 1. The zero-order chi connectivity index (χ0) is 53.3. The third-order valence-electron chi connectivity index (χ3n) is 11.9. The predicted molar refractivity (Wildman–Crippen MR) is 268 cm³/mol. The topological polar surface area (TPSA) is 50.9 Å². The Morgan fingerprint density at radius 3 is 1.97 bits per heavy atom. The molecule has 9 rings (SSSR count). The average molecular weight is 1040 g/mol. The third kappa shape index (κ3) is 9.02. The van der Waals surface area contributed by atoms with Gasteiger partial charge in [0, 0.05) is 52.2 Å². The van der Waals surface area contributed by atoms with Gasteiger partial charge in [0.05, 0.1) is 22.3 Å². The summed E-state index contributed by atoms with van der Waals surface area (Å²) in [6.07, 6.45) is 1.64. The van der Waals surface area contributed by atoms with Crippen LogP contribution in [0.25, 0.3) is 83.9 Å². The summed E-state index contributed by atoms with van der Waals surface area (Å²) >= 11 is 0. The number of para-hydroxylation sites is 1. The first-order chi connectivity index (χ1) is 34.7. The van der Waals surface area contributed by atoms with Crippen molar-refractivity contribution in [3.63, 3.8) is 0 Å². The largest absolute Gasteiger partial charge is 0.507 e. The van der Waals surface area contributed by atoms with Crippen LogP contribution < -0.4 is 0 Å². The van der Waals surface area contributed by atoms with Crippen LogP contribution in [0, 0.1) is 13.0 Å². The van der Waals surface area contributed by atoms with Crippen molar-refractivity contribution in [2.75, 3.05) is 0 Å². The van der Waals surface area contributed by atoms with Gasteiger partial charge in [0.2, 0.25) is 0 Å². The minimum atomic E-state index is -3.38. The van der Waals surface area contributed by atoms with Crippen LogP contribution in [0.15, 0.2) is 164 Å². The molecule has 0 bridgehead atoms. The van der Waals surface area contributed by atoms with E-state index in [2.05, 4.69) is 55.7 Å². The van der Waals surface area contributed by atoms with E-state index in [-0.39, 0.29) is 37.8 Å². The van der Waals surface area contributed by atoms with E-state index in [0.717, 1.165) is 55.7 Å². The van der Waals surface area contributed by atoms with Gasteiger partial charge in [-0.15, -0.1) is 23.8 Å². The average Bonchev–Trinajstić information content (AvgIpc) is 3.73. The van der Waals surface area contributed by atoms with E-state index < -0.39 is 31.9 Å². The van der Waals surface area contributed by atoms with Crippen LogP contribution in [-0.2, 0) is 31.9 Å². The van der Waals surface area contributed by atoms with Crippen molar-refractivity contribution in [1.82, 2.24) is 14.5 Å². The van der Waals surface area contributed by atoms with Crippen molar-refractivity contribution in [1.29, 1.82) is 0 Å². The molecule has 2 aromatic heterocycles. The zero-order valence-electron chi connectivity index (χ0n) is 47.2. The number of rotatable bonds is 8. The molecule has 4 nitrogen and oxygen atoms in total. The van der Waals surface area contributed by atoms with E-state index in [1.54, 1.807) is 12.3 Å². The molecule has 0 atom stereocenters. The monoisotopic (exact) mass is 1040 g/mol. The molecule has 5 heteroatoms. The Morgan fingerprint density at radius 2 is 1.29 bits per heavy atom. The Morgan fingerprint density at radius 1 is 0.615 bits per heavy atom. The summed E-state index contributed by atoms with van der Waals surface area (Å²) in [5.41, 5.74) is 9.28. The molecule has 0 saturated carbocycles. The van der Waals surface area contributed by atoms with Gasteiger partial charge >= 0.3 is 0 Å². The molecule has 7 aromatic carbocycles. The van der Waals surface area contributed by atoms with Gasteiger partial charge in [0.25, 0.3) is 0 Å². The van der Waals surface area contributed by atoms with Gasteiger partial charge in [0.15, 0.2) is 0 Å². The summed E-state index contributed by atoms with van der Waals surface area (Å²) < 4.78 is 85.0. The molecule has 9 aromatic rings. The molecular weight excluding hydrogens is 974 g/mol. The molecule has 2 heterocycles. The van der Waals surface area contributed by atoms with Crippen LogP contribution in [0.1, 0.15) is 97.0 Å². The number of nitrogens with zero attached hydrogens (tertiary/aromatic N) is 3. The molecule has 0 radical (unpaired) electrons. The van der Waals surface area contributed by atoms with Crippen LogP contribution in [0.5, 0.6) is 5.75 Å². The van der Waals surface area contributed by atoms with Crippen molar-refractivity contribution in [2.45, 2.75) is 78.8 Å².